The molecular weight excluding hydrogens is 359 g/mol. The topological polar surface area (TPSA) is 77.1 Å². The zero-order valence-electron chi connectivity index (χ0n) is 12.4. The van der Waals surface area contributed by atoms with E-state index in [1.165, 1.54) is 23.5 Å². The summed E-state index contributed by atoms with van der Waals surface area (Å²) in [5.74, 6) is -1.66. The molecule has 1 aromatic carbocycles. The predicted octanol–water partition coefficient (Wildman–Crippen LogP) is 3.22. The second-order valence-electron chi connectivity index (χ2n) is 4.90. The minimum atomic E-state index is -4.61. The first kappa shape index (κ1) is 17.0. The number of nitrogens with one attached hydrogen (secondary N) is 1. The molecule has 0 atom stereocenters. The van der Waals surface area contributed by atoms with Crippen LogP contribution >= 0.6 is 11.3 Å². The van der Waals surface area contributed by atoms with E-state index < -0.39 is 35.6 Å². The molecule has 0 saturated carbocycles. The molecule has 0 aliphatic heterocycles. The van der Waals surface area contributed by atoms with Gasteiger partial charge >= 0.3 is 11.9 Å². The van der Waals surface area contributed by atoms with Crippen molar-refractivity contribution in [3.8, 4) is 10.8 Å². The number of benzene rings is 1. The van der Waals surface area contributed by atoms with Crippen molar-refractivity contribution in [1.29, 1.82) is 0 Å². The van der Waals surface area contributed by atoms with Crippen molar-refractivity contribution in [3.63, 3.8) is 0 Å². The average Bonchev–Trinajstić information content (AvgIpc) is 3.17. The van der Waals surface area contributed by atoms with Gasteiger partial charge in [0.05, 0.1) is 16.1 Å². The third-order valence-electron chi connectivity index (χ3n) is 3.14. The molecule has 130 valence electrons. The number of halogens is 3. The first-order valence-electron chi connectivity index (χ1n) is 6.92. The smallest absolute Gasteiger partial charge is 0.387 e. The van der Waals surface area contributed by atoms with Crippen molar-refractivity contribution in [2.45, 2.75) is 12.7 Å². The number of aromatic nitrogens is 2. The maximum Gasteiger partial charge on any atom is 0.437 e. The number of para-hydroxylation sites is 1. The summed E-state index contributed by atoms with van der Waals surface area (Å²) in [6.45, 7) is -0.570. The summed E-state index contributed by atoms with van der Waals surface area (Å²) < 4.78 is 44.4. The van der Waals surface area contributed by atoms with Crippen molar-refractivity contribution in [1.82, 2.24) is 9.78 Å². The lowest BCUT2D eigenvalue weighted by molar-refractivity contribution is -0.137. The minimum Gasteiger partial charge on any atom is -0.387 e. The molecule has 0 aliphatic rings. The zero-order valence-corrected chi connectivity index (χ0v) is 13.2. The number of amides is 1. The summed E-state index contributed by atoms with van der Waals surface area (Å²) in [4.78, 5) is 24.3. The third kappa shape index (κ3) is 3.79. The van der Waals surface area contributed by atoms with Crippen molar-refractivity contribution < 1.29 is 22.4 Å². The molecule has 1 amide bonds. The summed E-state index contributed by atoms with van der Waals surface area (Å²) in [5, 5.41) is 7.77. The highest BCUT2D eigenvalue weighted by molar-refractivity contribution is 7.13. The fraction of sp³-hybridized carbons (Fsp3) is 0.133. The van der Waals surface area contributed by atoms with Crippen LogP contribution in [0.15, 0.2) is 51.0 Å². The van der Waals surface area contributed by atoms with Gasteiger partial charge in [-0.15, -0.1) is 16.4 Å². The Morgan fingerprint density at radius 1 is 1.24 bits per heavy atom. The van der Waals surface area contributed by atoms with E-state index in [1.54, 1.807) is 17.5 Å². The van der Waals surface area contributed by atoms with E-state index >= 15 is 0 Å². The Morgan fingerprint density at radius 3 is 2.68 bits per heavy atom. The normalized spacial score (nSPS) is 11.5. The van der Waals surface area contributed by atoms with E-state index in [0.29, 0.717) is 4.88 Å². The third-order valence-corrected chi connectivity index (χ3v) is 4.00. The lowest BCUT2D eigenvalue weighted by Gasteiger charge is -2.13. The predicted molar refractivity (Wildman–Crippen MR) is 84.1 cm³/mol. The number of hydrogen-bond donors (Lipinski definition) is 1. The van der Waals surface area contributed by atoms with Crippen molar-refractivity contribution in [2.24, 2.45) is 0 Å². The summed E-state index contributed by atoms with van der Waals surface area (Å²) in [6, 6.07) is 7.98. The van der Waals surface area contributed by atoms with Crippen molar-refractivity contribution in [2.75, 3.05) is 5.32 Å². The largest absolute Gasteiger partial charge is 0.437 e. The van der Waals surface area contributed by atoms with Crippen LogP contribution in [0.3, 0.4) is 0 Å². The molecule has 1 N–H and O–H groups in total. The van der Waals surface area contributed by atoms with Gasteiger partial charge in [0.1, 0.15) is 6.54 Å². The second kappa shape index (κ2) is 6.55. The van der Waals surface area contributed by atoms with Crippen molar-refractivity contribution in [3.05, 3.63) is 57.9 Å². The molecule has 0 aliphatic carbocycles. The quantitative estimate of drug-likeness (QED) is 0.766. The highest BCUT2D eigenvalue weighted by Crippen LogP contribution is 2.34. The molecular formula is C15H10F3N3O3S. The van der Waals surface area contributed by atoms with E-state index in [4.69, 9.17) is 4.42 Å². The summed E-state index contributed by atoms with van der Waals surface area (Å²) in [7, 11) is 0. The van der Waals surface area contributed by atoms with Gasteiger partial charge in [0.15, 0.2) is 0 Å². The van der Waals surface area contributed by atoms with Crippen LogP contribution in [0, 0.1) is 0 Å². The molecule has 0 spiro atoms. The highest BCUT2D eigenvalue weighted by atomic mass is 32.1. The Hall–Kier alpha value is -2.88. The van der Waals surface area contributed by atoms with Gasteiger partial charge in [0.25, 0.3) is 5.89 Å². The molecule has 25 heavy (non-hydrogen) atoms. The molecule has 2 aromatic heterocycles. The lowest BCUT2D eigenvalue weighted by Crippen LogP contribution is -2.26. The van der Waals surface area contributed by atoms with Gasteiger partial charge in [-0.3, -0.25) is 4.79 Å². The van der Waals surface area contributed by atoms with Crippen LogP contribution in [0.2, 0.25) is 0 Å². The van der Waals surface area contributed by atoms with E-state index in [9.17, 15) is 22.8 Å². The Labute approximate surface area is 142 Å². The zero-order chi connectivity index (χ0) is 18.0. The van der Waals surface area contributed by atoms with Gasteiger partial charge in [-0.25, -0.2) is 4.79 Å². The lowest BCUT2D eigenvalue weighted by atomic mass is 10.1. The standard InChI is InChI=1S/C15H10F3N3O3S/c16-15(17,18)9-4-1-2-5-10(9)19-12(22)8-21-14(23)24-13(20-21)11-6-3-7-25-11/h1-7H,8H2,(H,19,22). The molecule has 0 bridgehead atoms. The Bertz CT molecular complexity index is 945. The molecule has 10 heteroatoms. The molecule has 6 nitrogen and oxygen atoms in total. The molecule has 3 aromatic rings. The van der Waals surface area contributed by atoms with E-state index in [1.807, 2.05) is 0 Å². The van der Waals surface area contributed by atoms with Crippen molar-refractivity contribution >= 4 is 22.9 Å². The van der Waals surface area contributed by atoms with Crippen LogP contribution in [0.25, 0.3) is 10.8 Å². The number of anilines is 1. The summed E-state index contributed by atoms with van der Waals surface area (Å²) >= 11 is 1.29. The summed E-state index contributed by atoms with van der Waals surface area (Å²) in [5.41, 5.74) is -1.37. The first-order chi connectivity index (χ1) is 11.8. The Morgan fingerprint density at radius 2 is 2.00 bits per heavy atom. The summed E-state index contributed by atoms with van der Waals surface area (Å²) in [6.07, 6.45) is -4.61. The molecule has 0 radical (unpaired) electrons. The Balaban J connectivity index is 1.77. The minimum absolute atomic E-state index is 0.0449. The fourth-order valence-corrected chi connectivity index (χ4v) is 2.72. The van der Waals surface area contributed by atoms with E-state index in [-0.39, 0.29) is 5.89 Å². The second-order valence-corrected chi connectivity index (χ2v) is 5.85. The first-order valence-corrected chi connectivity index (χ1v) is 7.80. The van der Waals surface area contributed by atoms with Gasteiger partial charge in [0, 0.05) is 0 Å². The van der Waals surface area contributed by atoms with Gasteiger partial charge < -0.3 is 9.73 Å². The molecule has 0 fully saturated rings. The van der Waals surface area contributed by atoms with Crippen LogP contribution in [-0.2, 0) is 17.5 Å². The number of carbonyl (C=O) groups excluding carboxylic acids is 1. The number of nitrogens with zero attached hydrogens (tertiary/aromatic N) is 2. The number of alkyl halides is 3. The van der Waals surface area contributed by atoms with Crippen LogP contribution in [0.5, 0.6) is 0 Å². The fourth-order valence-electron chi connectivity index (χ4n) is 2.07. The number of thiophene rings is 1. The molecule has 0 unspecified atom stereocenters. The Kier molecular flexibility index (Phi) is 4.45. The van der Waals surface area contributed by atoms with Crippen LogP contribution < -0.4 is 11.1 Å². The van der Waals surface area contributed by atoms with Gasteiger partial charge in [-0.1, -0.05) is 18.2 Å². The van der Waals surface area contributed by atoms with Gasteiger partial charge in [-0.05, 0) is 23.6 Å². The van der Waals surface area contributed by atoms with E-state index in [2.05, 4.69) is 10.4 Å². The monoisotopic (exact) mass is 369 g/mol. The van der Waals surface area contributed by atoms with Crippen LogP contribution in [0.4, 0.5) is 18.9 Å². The SMILES string of the molecule is O=C(Cn1nc(-c2cccs2)oc1=O)Nc1ccccc1C(F)(F)F. The molecule has 0 saturated heterocycles. The average molecular weight is 369 g/mol. The highest BCUT2D eigenvalue weighted by Gasteiger charge is 2.33. The van der Waals surface area contributed by atoms with Gasteiger partial charge in [0.2, 0.25) is 5.91 Å². The van der Waals surface area contributed by atoms with Crippen LogP contribution in [-0.4, -0.2) is 15.7 Å². The number of hydrogen-bond acceptors (Lipinski definition) is 5. The molecule has 3 rings (SSSR count). The number of rotatable bonds is 4. The number of carbonyl (C=O) groups is 1. The van der Waals surface area contributed by atoms with E-state index in [0.717, 1.165) is 16.8 Å². The maximum absolute atomic E-state index is 12.9. The maximum atomic E-state index is 12.9. The molecule has 2 heterocycles. The van der Waals surface area contributed by atoms with Gasteiger partial charge in [-0.2, -0.15) is 17.9 Å². The van der Waals surface area contributed by atoms with Crippen LogP contribution in [0.1, 0.15) is 5.56 Å².